The first-order chi connectivity index (χ1) is 8.74. The maximum absolute atomic E-state index is 12.8. The van der Waals surface area contributed by atoms with Crippen LogP contribution < -0.4 is 5.76 Å². The van der Waals surface area contributed by atoms with Crippen molar-refractivity contribution >= 4 is 23.0 Å². The summed E-state index contributed by atoms with van der Waals surface area (Å²) in [6.45, 7) is 0. The van der Waals surface area contributed by atoms with E-state index < -0.39 is 5.76 Å². The van der Waals surface area contributed by atoms with E-state index in [0.717, 1.165) is 4.90 Å². The molecule has 0 bridgehead atoms. The average Bonchev–Trinajstić information content (AvgIpc) is 2.69. The molecule has 0 saturated heterocycles. The van der Waals surface area contributed by atoms with Crippen LogP contribution in [-0.2, 0) is 0 Å². The molecule has 1 aromatic heterocycles. The summed E-state index contributed by atoms with van der Waals surface area (Å²) < 4.78 is 19.4. The fourth-order valence-electron chi connectivity index (χ4n) is 1.63. The topological polar surface area (TPSA) is 35.1 Å². The molecule has 0 aliphatic rings. The minimum absolute atomic E-state index is 0.302. The fourth-order valence-corrected chi connectivity index (χ4v) is 2.46. The molecule has 0 aliphatic heterocycles. The molecule has 0 amide bonds. The number of fused-ring (bicyclic) bond motifs is 1. The van der Waals surface area contributed by atoms with Crippen LogP contribution in [0.15, 0.2) is 62.6 Å². The Morgan fingerprint density at radius 2 is 1.78 bits per heavy atom. The smallest absolute Gasteiger partial charge is 0.407 e. The molecule has 0 radical (unpaired) electrons. The SMILES string of the molecule is O=c1oc2ccccc2n1Sc1ccc(F)cc1. The van der Waals surface area contributed by atoms with Gasteiger partial charge in [-0.05, 0) is 48.3 Å². The van der Waals surface area contributed by atoms with E-state index >= 15 is 0 Å². The van der Waals surface area contributed by atoms with Crippen molar-refractivity contribution in [3.05, 3.63) is 64.9 Å². The summed E-state index contributed by atoms with van der Waals surface area (Å²) in [4.78, 5) is 12.5. The quantitative estimate of drug-likeness (QED) is 0.710. The van der Waals surface area contributed by atoms with E-state index in [1.165, 1.54) is 28.1 Å². The number of hydrogen-bond donors (Lipinski definition) is 0. The lowest BCUT2D eigenvalue weighted by molar-refractivity contribution is 0.550. The van der Waals surface area contributed by atoms with Crippen molar-refractivity contribution in [2.45, 2.75) is 4.90 Å². The second-order valence-corrected chi connectivity index (χ2v) is 4.69. The highest BCUT2D eigenvalue weighted by Crippen LogP contribution is 2.23. The van der Waals surface area contributed by atoms with Crippen LogP contribution in [0.2, 0.25) is 0 Å². The summed E-state index contributed by atoms with van der Waals surface area (Å²) >= 11 is 1.20. The maximum atomic E-state index is 12.8. The van der Waals surface area contributed by atoms with Gasteiger partial charge < -0.3 is 4.42 Å². The van der Waals surface area contributed by atoms with Crippen molar-refractivity contribution in [3.63, 3.8) is 0 Å². The lowest BCUT2D eigenvalue weighted by atomic mass is 10.3. The van der Waals surface area contributed by atoms with E-state index in [0.29, 0.717) is 11.1 Å². The summed E-state index contributed by atoms with van der Waals surface area (Å²) in [5.74, 6) is -0.741. The van der Waals surface area contributed by atoms with Crippen molar-refractivity contribution in [1.29, 1.82) is 0 Å². The van der Waals surface area contributed by atoms with Gasteiger partial charge >= 0.3 is 5.76 Å². The van der Waals surface area contributed by atoms with Gasteiger partial charge in [0.05, 0.1) is 0 Å². The first-order valence-electron chi connectivity index (χ1n) is 5.28. The highest BCUT2D eigenvalue weighted by molar-refractivity contribution is 7.98. The van der Waals surface area contributed by atoms with Crippen molar-refractivity contribution < 1.29 is 8.81 Å². The van der Waals surface area contributed by atoms with Crippen LogP contribution in [0, 0.1) is 5.82 Å². The first-order valence-corrected chi connectivity index (χ1v) is 6.06. The van der Waals surface area contributed by atoms with Gasteiger partial charge in [-0.25, -0.2) is 13.2 Å². The van der Waals surface area contributed by atoms with Crippen molar-refractivity contribution in [3.8, 4) is 0 Å². The van der Waals surface area contributed by atoms with Crippen LogP contribution in [0.25, 0.3) is 11.1 Å². The number of nitrogens with zero attached hydrogens (tertiary/aromatic N) is 1. The zero-order valence-electron chi connectivity index (χ0n) is 9.17. The first kappa shape index (κ1) is 11.1. The number of rotatable bonds is 2. The maximum Gasteiger partial charge on any atom is 0.430 e. The third kappa shape index (κ3) is 1.93. The van der Waals surface area contributed by atoms with Crippen LogP contribution >= 0.6 is 11.9 Å². The van der Waals surface area contributed by atoms with Crippen molar-refractivity contribution in [2.75, 3.05) is 0 Å². The van der Waals surface area contributed by atoms with Gasteiger partial charge in [0.25, 0.3) is 0 Å². The van der Waals surface area contributed by atoms with Gasteiger partial charge in [-0.15, -0.1) is 0 Å². The van der Waals surface area contributed by atoms with E-state index in [2.05, 4.69) is 0 Å². The fraction of sp³-hybridized carbons (Fsp3) is 0. The zero-order valence-corrected chi connectivity index (χ0v) is 9.99. The summed E-state index contributed by atoms with van der Waals surface area (Å²) in [6.07, 6.45) is 0. The Morgan fingerprint density at radius 1 is 1.06 bits per heavy atom. The standard InChI is InChI=1S/C13H8FNO2S/c14-9-5-7-10(8-6-9)18-15-11-3-1-2-4-12(11)17-13(15)16/h1-8H. The molecule has 3 rings (SSSR count). The molecule has 90 valence electrons. The number of oxazole rings is 1. The predicted octanol–water partition coefficient (Wildman–Crippen LogP) is 3.29. The Hall–Kier alpha value is -2.01. The van der Waals surface area contributed by atoms with Gasteiger partial charge in [0.2, 0.25) is 0 Å². The molecule has 0 saturated carbocycles. The highest BCUT2D eigenvalue weighted by Gasteiger charge is 2.09. The van der Waals surface area contributed by atoms with Crippen LogP contribution in [0.3, 0.4) is 0 Å². The molecular formula is C13H8FNO2S. The van der Waals surface area contributed by atoms with E-state index in [1.807, 2.05) is 6.07 Å². The second kappa shape index (κ2) is 4.34. The van der Waals surface area contributed by atoms with E-state index in [4.69, 9.17) is 4.42 Å². The second-order valence-electron chi connectivity index (χ2n) is 3.68. The number of hydrogen-bond acceptors (Lipinski definition) is 3. The Bertz CT molecular complexity index is 746. The third-order valence-electron chi connectivity index (χ3n) is 2.46. The molecule has 2 aromatic carbocycles. The third-order valence-corrected chi connectivity index (χ3v) is 3.47. The predicted molar refractivity (Wildman–Crippen MR) is 68.1 cm³/mol. The lowest BCUT2D eigenvalue weighted by Gasteiger charge is -2.00. The van der Waals surface area contributed by atoms with Crippen LogP contribution in [0.5, 0.6) is 0 Å². The number of benzene rings is 2. The van der Waals surface area contributed by atoms with Gasteiger partial charge in [-0.3, -0.25) is 0 Å². The van der Waals surface area contributed by atoms with Crippen LogP contribution in [-0.4, -0.2) is 3.97 Å². The van der Waals surface area contributed by atoms with Crippen LogP contribution in [0.4, 0.5) is 4.39 Å². The van der Waals surface area contributed by atoms with Gasteiger partial charge in [0, 0.05) is 4.90 Å². The van der Waals surface area contributed by atoms with E-state index in [-0.39, 0.29) is 5.82 Å². The van der Waals surface area contributed by atoms with E-state index in [9.17, 15) is 9.18 Å². The lowest BCUT2D eigenvalue weighted by Crippen LogP contribution is -2.06. The highest BCUT2D eigenvalue weighted by atomic mass is 32.2. The normalized spacial score (nSPS) is 10.9. The summed E-state index contributed by atoms with van der Waals surface area (Å²) in [5, 5.41) is 0. The molecule has 5 heteroatoms. The van der Waals surface area contributed by atoms with Crippen molar-refractivity contribution in [1.82, 2.24) is 3.97 Å². The average molecular weight is 261 g/mol. The van der Waals surface area contributed by atoms with Gasteiger partial charge in [-0.2, -0.15) is 0 Å². The largest absolute Gasteiger partial charge is 0.430 e. The zero-order chi connectivity index (χ0) is 12.5. The minimum atomic E-state index is -0.439. The molecule has 0 aliphatic carbocycles. The summed E-state index contributed by atoms with van der Waals surface area (Å²) in [7, 11) is 0. The molecule has 0 N–H and O–H groups in total. The number of aromatic nitrogens is 1. The summed E-state index contributed by atoms with van der Waals surface area (Å²) in [6, 6.07) is 13.1. The Balaban J connectivity index is 2.07. The monoisotopic (exact) mass is 261 g/mol. The van der Waals surface area contributed by atoms with Gasteiger partial charge in [0.1, 0.15) is 11.3 Å². The van der Waals surface area contributed by atoms with Gasteiger partial charge in [-0.1, -0.05) is 12.1 Å². The molecule has 3 aromatic rings. The molecule has 0 atom stereocenters. The summed E-state index contributed by atoms with van der Waals surface area (Å²) in [5.41, 5.74) is 1.24. The number of para-hydroxylation sites is 2. The molecule has 1 heterocycles. The molecule has 0 unspecified atom stereocenters. The minimum Gasteiger partial charge on any atom is -0.407 e. The molecule has 3 nitrogen and oxygen atoms in total. The van der Waals surface area contributed by atoms with Crippen LogP contribution in [0.1, 0.15) is 0 Å². The molecular weight excluding hydrogens is 253 g/mol. The van der Waals surface area contributed by atoms with Gasteiger partial charge in [0.15, 0.2) is 5.58 Å². The molecule has 0 spiro atoms. The Kier molecular flexibility index (Phi) is 2.68. The Morgan fingerprint density at radius 3 is 2.56 bits per heavy atom. The molecule has 18 heavy (non-hydrogen) atoms. The molecule has 0 fully saturated rings. The Labute approximate surface area is 106 Å². The number of halogens is 1. The van der Waals surface area contributed by atoms with E-state index in [1.54, 1.807) is 30.3 Å². The van der Waals surface area contributed by atoms with Crippen molar-refractivity contribution in [2.24, 2.45) is 0 Å².